The van der Waals surface area contributed by atoms with Gasteiger partial charge < -0.3 is 14.9 Å². The quantitative estimate of drug-likeness (QED) is 0.923. The van der Waals surface area contributed by atoms with Crippen molar-refractivity contribution >= 4 is 27.6 Å². The Hall–Kier alpha value is -1.07. The van der Waals surface area contributed by atoms with Crippen molar-refractivity contribution in [2.24, 2.45) is 0 Å². The molecule has 5 heteroatoms. The minimum absolute atomic E-state index is 0.345. The Balaban J connectivity index is 2.18. The lowest BCUT2D eigenvalue weighted by molar-refractivity contribution is 0.0697. The van der Waals surface area contributed by atoms with Gasteiger partial charge in [0.1, 0.15) is 0 Å². The normalized spacial score (nSPS) is 19.6. The summed E-state index contributed by atoms with van der Waals surface area (Å²) in [5.41, 5.74) is 1.12. The molecule has 0 spiro atoms. The lowest BCUT2D eigenvalue weighted by Gasteiger charge is -2.28. The van der Waals surface area contributed by atoms with Crippen LogP contribution in [0.25, 0.3) is 0 Å². The molecule has 1 fully saturated rings. The highest BCUT2D eigenvalue weighted by Gasteiger charge is 2.23. The van der Waals surface area contributed by atoms with Crippen LogP contribution in [-0.4, -0.2) is 49.2 Å². The number of benzene rings is 1. The fourth-order valence-electron chi connectivity index (χ4n) is 2.64. The molecule has 1 N–H and O–H groups in total. The van der Waals surface area contributed by atoms with E-state index in [1.54, 1.807) is 6.07 Å². The summed E-state index contributed by atoms with van der Waals surface area (Å²) in [7, 11) is 4.09. The zero-order chi connectivity index (χ0) is 14.0. The van der Waals surface area contributed by atoms with Gasteiger partial charge in [-0.25, -0.2) is 4.79 Å². The highest BCUT2D eigenvalue weighted by molar-refractivity contribution is 9.10. The van der Waals surface area contributed by atoms with E-state index in [2.05, 4.69) is 27.9 Å². The molecule has 2 rings (SSSR count). The van der Waals surface area contributed by atoms with Crippen molar-refractivity contribution < 1.29 is 9.90 Å². The van der Waals surface area contributed by atoms with Crippen LogP contribution in [0.1, 0.15) is 23.2 Å². The van der Waals surface area contributed by atoms with Crippen molar-refractivity contribution in [3.05, 3.63) is 28.2 Å². The zero-order valence-electron chi connectivity index (χ0n) is 11.3. The third kappa shape index (κ3) is 3.28. The Morgan fingerprint density at radius 3 is 2.89 bits per heavy atom. The summed E-state index contributed by atoms with van der Waals surface area (Å²) in [5, 5.41) is 9.29. The molecule has 1 unspecified atom stereocenters. The van der Waals surface area contributed by atoms with E-state index in [-0.39, 0.29) is 0 Å². The van der Waals surface area contributed by atoms with Crippen LogP contribution in [0.4, 0.5) is 5.69 Å². The first-order valence-electron chi connectivity index (χ1n) is 6.43. The third-order valence-electron chi connectivity index (χ3n) is 3.76. The molecule has 0 bridgehead atoms. The van der Waals surface area contributed by atoms with Gasteiger partial charge in [-0.05, 0) is 44.6 Å². The molecule has 1 aromatic rings. The van der Waals surface area contributed by atoms with Gasteiger partial charge in [-0.2, -0.15) is 0 Å². The lowest BCUT2D eigenvalue weighted by Crippen LogP contribution is -2.37. The molecule has 1 saturated heterocycles. The highest BCUT2D eigenvalue weighted by Crippen LogP contribution is 2.25. The number of carbonyl (C=O) groups is 1. The van der Waals surface area contributed by atoms with Gasteiger partial charge in [0.05, 0.1) is 11.3 Å². The number of anilines is 1. The fraction of sp³-hybridized carbons (Fsp3) is 0.500. The highest BCUT2D eigenvalue weighted by atomic mass is 79.9. The predicted octanol–water partition coefficient (Wildman–Crippen LogP) is 2.68. The number of carboxylic acids is 1. The van der Waals surface area contributed by atoms with E-state index < -0.39 is 5.97 Å². The molecular weight excluding hydrogens is 308 g/mol. The van der Waals surface area contributed by atoms with E-state index >= 15 is 0 Å². The van der Waals surface area contributed by atoms with E-state index in [0.29, 0.717) is 11.6 Å². The van der Waals surface area contributed by atoms with E-state index in [1.807, 2.05) is 24.1 Å². The van der Waals surface area contributed by atoms with E-state index in [0.717, 1.165) is 23.2 Å². The molecule has 0 saturated carbocycles. The number of halogens is 1. The molecule has 0 radical (unpaired) electrons. The molecule has 19 heavy (non-hydrogen) atoms. The fourth-order valence-corrected chi connectivity index (χ4v) is 3.00. The number of likely N-dealkylation sites (tertiary alicyclic amines) is 1. The number of rotatable bonds is 4. The molecule has 0 aliphatic carbocycles. The van der Waals surface area contributed by atoms with Crippen molar-refractivity contribution in [3.8, 4) is 0 Å². The molecule has 0 amide bonds. The van der Waals surface area contributed by atoms with E-state index in [9.17, 15) is 9.90 Å². The van der Waals surface area contributed by atoms with Gasteiger partial charge in [-0.3, -0.25) is 0 Å². The summed E-state index contributed by atoms with van der Waals surface area (Å²) in [6.45, 7) is 1.99. The van der Waals surface area contributed by atoms with Crippen molar-refractivity contribution in [1.82, 2.24) is 4.90 Å². The van der Waals surface area contributed by atoms with Gasteiger partial charge in [-0.15, -0.1) is 0 Å². The largest absolute Gasteiger partial charge is 0.478 e. The average molecular weight is 327 g/mol. The van der Waals surface area contributed by atoms with Gasteiger partial charge >= 0.3 is 5.97 Å². The van der Waals surface area contributed by atoms with Crippen molar-refractivity contribution in [1.29, 1.82) is 0 Å². The number of aromatic carboxylic acids is 1. The van der Waals surface area contributed by atoms with Gasteiger partial charge in [0, 0.05) is 24.1 Å². The third-order valence-corrected chi connectivity index (χ3v) is 4.25. The topological polar surface area (TPSA) is 43.8 Å². The molecule has 1 heterocycles. The van der Waals surface area contributed by atoms with Gasteiger partial charge in [0.2, 0.25) is 0 Å². The number of nitrogens with zero attached hydrogens (tertiary/aromatic N) is 2. The van der Waals surface area contributed by atoms with Crippen LogP contribution >= 0.6 is 15.9 Å². The van der Waals surface area contributed by atoms with E-state index in [4.69, 9.17) is 0 Å². The number of hydrogen-bond donors (Lipinski definition) is 1. The lowest BCUT2D eigenvalue weighted by atomic mass is 10.1. The Bertz CT molecular complexity index is 479. The summed E-state index contributed by atoms with van der Waals surface area (Å²) in [4.78, 5) is 15.7. The van der Waals surface area contributed by atoms with Crippen molar-refractivity contribution in [2.75, 3.05) is 32.1 Å². The van der Waals surface area contributed by atoms with Crippen LogP contribution in [0, 0.1) is 0 Å². The monoisotopic (exact) mass is 326 g/mol. The van der Waals surface area contributed by atoms with Crippen LogP contribution in [0.5, 0.6) is 0 Å². The number of hydrogen-bond acceptors (Lipinski definition) is 3. The number of likely N-dealkylation sites (N-methyl/N-ethyl adjacent to an activating group) is 2. The maximum atomic E-state index is 11.3. The Labute approximate surface area is 122 Å². The first-order chi connectivity index (χ1) is 8.99. The van der Waals surface area contributed by atoms with Crippen LogP contribution in [-0.2, 0) is 0 Å². The second-order valence-electron chi connectivity index (χ2n) is 5.12. The molecule has 1 aliphatic heterocycles. The summed E-state index contributed by atoms with van der Waals surface area (Å²) in [6.07, 6.45) is 2.40. The van der Waals surface area contributed by atoms with Crippen LogP contribution < -0.4 is 4.90 Å². The summed E-state index contributed by atoms with van der Waals surface area (Å²) < 4.78 is 0.792. The SMILES string of the molecule is CN(CC1CCCN1C)c1ccc(Br)cc1C(=O)O. The van der Waals surface area contributed by atoms with Gasteiger partial charge in [0.15, 0.2) is 0 Å². The molecule has 104 valence electrons. The molecule has 1 aliphatic rings. The maximum Gasteiger partial charge on any atom is 0.337 e. The molecule has 1 aromatic carbocycles. The minimum Gasteiger partial charge on any atom is -0.478 e. The van der Waals surface area contributed by atoms with Crippen molar-refractivity contribution in [3.63, 3.8) is 0 Å². The average Bonchev–Trinajstić information content (AvgIpc) is 2.74. The standard InChI is InChI=1S/C14H19BrN2O2/c1-16-7-3-4-11(16)9-17(2)13-6-5-10(15)8-12(13)14(18)19/h5-6,8,11H,3-4,7,9H2,1-2H3,(H,18,19). The summed E-state index contributed by atoms with van der Waals surface area (Å²) in [5.74, 6) is -0.886. The Kier molecular flexibility index (Phi) is 4.47. The second-order valence-corrected chi connectivity index (χ2v) is 6.04. The predicted molar refractivity (Wildman–Crippen MR) is 80.0 cm³/mol. The summed E-state index contributed by atoms with van der Waals surface area (Å²) in [6, 6.07) is 5.92. The Morgan fingerprint density at radius 1 is 1.58 bits per heavy atom. The van der Waals surface area contributed by atoms with Crippen LogP contribution in [0.3, 0.4) is 0 Å². The molecule has 4 nitrogen and oxygen atoms in total. The number of carboxylic acid groups (broad SMARTS) is 1. The maximum absolute atomic E-state index is 11.3. The zero-order valence-corrected chi connectivity index (χ0v) is 12.9. The summed E-state index contributed by atoms with van der Waals surface area (Å²) >= 11 is 3.32. The molecule has 1 atom stereocenters. The van der Waals surface area contributed by atoms with Gasteiger partial charge in [-0.1, -0.05) is 15.9 Å². The Morgan fingerprint density at radius 2 is 2.32 bits per heavy atom. The molecular formula is C14H19BrN2O2. The first-order valence-corrected chi connectivity index (χ1v) is 7.22. The first kappa shape index (κ1) is 14.3. The molecule has 0 aromatic heterocycles. The van der Waals surface area contributed by atoms with Gasteiger partial charge in [0.25, 0.3) is 0 Å². The van der Waals surface area contributed by atoms with Crippen LogP contribution in [0.15, 0.2) is 22.7 Å². The smallest absolute Gasteiger partial charge is 0.337 e. The minimum atomic E-state index is -0.886. The van der Waals surface area contributed by atoms with Crippen molar-refractivity contribution in [2.45, 2.75) is 18.9 Å². The van der Waals surface area contributed by atoms with Crippen LogP contribution in [0.2, 0.25) is 0 Å². The second kappa shape index (κ2) is 5.92. The van der Waals surface area contributed by atoms with E-state index in [1.165, 1.54) is 12.8 Å².